The van der Waals surface area contributed by atoms with E-state index in [1.54, 1.807) is 6.33 Å². The molecule has 6 N–H and O–H groups in total. The second kappa shape index (κ2) is 9.79. The molecule has 0 atom stereocenters. The highest BCUT2D eigenvalue weighted by Crippen LogP contribution is 2.11. The summed E-state index contributed by atoms with van der Waals surface area (Å²) >= 11 is 0. The number of nitrogens with two attached hydrogens (primary N) is 2. The molecule has 7 nitrogen and oxygen atoms in total. The molecule has 0 spiro atoms. The molecular weight excluding hydrogens is 268 g/mol. The number of aromatic nitrogens is 2. The summed E-state index contributed by atoms with van der Waals surface area (Å²) in [4.78, 5) is 22.1. The normalized spacial score (nSPS) is 11.6. The number of rotatable bonds is 9. The lowest BCUT2D eigenvalue weighted by molar-refractivity contribution is 0.253. The average Bonchev–Trinajstić information content (AvgIpc) is 2.86. The maximum Gasteiger partial charge on any atom is 0.318 e. The Labute approximate surface area is 125 Å². The van der Waals surface area contributed by atoms with Gasteiger partial charge >= 0.3 is 6.03 Å². The molecule has 21 heavy (non-hydrogen) atoms. The Bertz CT molecular complexity index is 454. The lowest BCUT2D eigenvalue weighted by Crippen LogP contribution is -2.40. The van der Waals surface area contributed by atoms with E-state index in [2.05, 4.69) is 27.2 Å². The highest BCUT2D eigenvalue weighted by molar-refractivity contribution is 5.94. The van der Waals surface area contributed by atoms with Crippen LogP contribution in [0.4, 0.5) is 4.79 Å². The number of H-pyrrole nitrogens is 1. The number of imidazole rings is 1. The molecule has 0 aliphatic carbocycles. The van der Waals surface area contributed by atoms with Crippen molar-refractivity contribution in [2.45, 2.75) is 51.9 Å². The monoisotopic (exact) mass is 294 g/mol. The predicted molar refractivity (Wildman–Crippen MR) is 84.0 cm³/mol. The summed E-state index contributed by atoms with van der Waals surface area (Å²) in [5.74, 6) is 0.0619. The van der Waals surface area contributed by atoms with E-state index >= 15 is 0 Å². The van der Waals surface area contributed by atoms with E-state index in [0.29, 0.717) is 6.54 Å². The molecule has 118 valence electrons. The number of carbonyl (C=O) groups excluding carboxylic acids is 1. The van der Waals surface area contributed by atoms with Gasteiger partial charge in [0.1, 0.15) is 0 Å². The van der Waals surface area contributed by atoms with Gasteiger partial charge in [0.25, 0.3) is 0 Å². The van der Waals surface area contributed by atoms with E-state index < -0.39 is 6.03 Å². The van der Waals surface area contributed by atoms with E-state index in [0.717, 1.165) is 25.0 Å². The molecule has 7 heteroatoms. The van der Waals surface area contributed by atoms with Crippen LogP contribution < -0.4 is 16.8 Å². The van der Waals surface area contributed by atoms with Crippen LogP contribution in [0, 0.1) is 0 Å². The van der Waals surface area contributed by atoms with Gasteiger partial charge in [0.2, 0.25) is 0 Å². The summed E-state index contributed by atoms with van der Waals surface area (Å²) in [7, 11) is 0. The number of carbonyl (C=O) groups is 1. The Morgan fingerprint density at radius 2 is 2.10 bits per heavy atom. The van der Waals surface area contributed by atoms with Crippen molar-refractivity contribution in [2.24, 2.45) is 16.5 Å². The van der Waals surface area contributed by atoms with Crippen LogP contribution in [0.5, 0.6) is 0 Å². The van der Waals surface area contributed by atoms with Crippen LogP contribution in [0.15, 0.2) is 11.3 Å². The minimum Gasteiger partial charge on any atom is -0.370 e. The largest absolute Gasteiger partial charge is 0.370 e. The molecule has 0 aromatic carbocycles. The number of unbranched alkanes of at least 4 members (excludes halogenated alkanes) is 3. The van der Waals surface area contributed by atoms with Crippen LogP contribution in [-0.4, -0.2) is 28.5 Å². The Hall–Kier alpha value is -2.05. The van der Waals surface area contributed by atoms with Crippen LogP contribution in [-0.2, 0) is 12.8 Å². The first-order valence-electron chi connectivity index (χ1n) is 7.51. The summed E-state index contributed by atoms with van der Waals surface area (Å²) in [5, 5.41) is 2.23. The molecule has 1 heterocycles. The highest BCUT2D eigenvalue weighted by atomic mass is 16.2. The van der Waals surface area contributed by atoms with Gasteiger partial charge in [0.15, 0.2) is 5.96 Å². The minimum absolute atomic E-state index is 0.0619. The maximum atomic E-state index is 10.6. The number of hydrogen-bond donors (Lipinski definition) is 4. The zero-order chi connectivity index (χ0) is 15.5. The summed E-state index contributed by atoms with van der Waals surface area (Å²) in [6.45, 7) is 2.75. The van der Waals surface area contributed by atoms with Gasteiger partial charge in [-0.1, -0.05) is 26.2 Å². The molecule has 1 aromatic heterocycles. The first-order chi connectivity index (χ1) is 10.1. The van der Waals surface area contributed by atoms with Crippen molar-refractivity contribution in [2.75, 3.05) is 6.54 Å². The third kappa shape index (κ3) is 7.34. The number of nitrogens with one attached hydrogen (secondary N) is 2. The van der Waals surface area contributed by atoms with Gasteiger partial charge in [-0.3, -0.25) is 10.3 Å². The Kier molecular flexibility index (Phi) is 7.93. The highest BCUT2D eigenvalue weighted by Gasteiger charge is 2.05. The summed E-state index contributed by atoms with van der Waals surface area (Å²) in [6.07, 6.45) is 9.43. The van der Waals surface area contributed by atoms with Crippen molar-refractivity contribution in [3.05, 3.63) is 17.7 Å². The van der Waals surface area contributed by atoms with Gasteiger partial charge in [-0.05, 0) is 25.7 Å². The first kappa shape index (κ1) is 17.0. The molecule has 0 fully saturated rings. The second-order valence-corrected chi connectivity index (χ2v) is 5.00. The molecule has 1 aromatic rings. The third-order valence-electron chi connectivity index (χ3n) is 3.19. The fraction of sp³-hybridized carbons (Fsp3) is 0.643. The van der Waals surface area contributed by atoms with Crippen LogP contribution in [0.1, 0.15) is 50.4 Å². The van der Waals surface area contributed by atoms with E-state index in [1.165, 1.54) is 31.4 Å². The van der Waals surface area contributed by atoms with Crippen molar-refractivity contribution >= 4 is 12.0 Å². The fourth-order valence-electron chi connectivity index (χ4n) is 2.12. The molecule has 1 rings (SSSR count). The van der Waals surface area contributed by atoms with Crippen LogP contribution in [0.3, 0.4) is 0 Å². The number of aliphatic imine (C=N–C) groups is 1. The van der Waals surface area contributed by atoms with Crippen molar-refractivity contribution in [3.8, 4) is 0 Å². The van der Waals surface area contributed by atoms with E-state index in [1.807, 2.05) is 0 Å². The van der Waals surface area contributed by atoms with Gasteiger partial charge < -0.3 is 16.5 Å². The fourth-order valence-corrected chi connectivity index (χ4v) is 2.12. The molecule has 0 saturated heterocycles. The number of nitrogens with zero attached hydrogens (tertiary/aromatic N) is 2. The van der Waals surface area contributed by atoms with Gasteiger partial charge in [0.05, 0.1) is 12.0 Å². The lowest BCUT2D eigenvalue weighted by atomic mass is 10.1. The molecule has 0 unspecified atom stereocenters. The van der Waals surface area contributed by atoms with Gasteiger partial charge in [-0.15, -0.1) is 0 Å². The SMILES string of the molecule is CCCCCCc1nc[nH]c1CCCN=C(N)NC(N)=O. The van der Waals surface area contributed by atoms with Crippen LogP contribution >= 0.6 is 0 Å². The topological polar surface area (TPSA) is 122 Å². The average molecular weight is 294 g/mol. The van der Waals surface area contributed by atoms with Crippen molar-refractivity contribution in [1.82, 2.24) is 15.3 Å². The van der Waals surface area contributed by atoms with Gasteiger partial charge in [0, 0.05) is 12.2 Å². The zero-order valence-electron chi connectivity index (χ0n) is 12.7. The number of aryl methyl sites for hydroxylation is 2. The number of amides is 2. The molecule has 0 aliphatic rings. The number of hydrogen-bond acceptors (Lipinski definition) is 3. The van der Waals surface area contributed by atoms with Crippen LogP contribution in [0.2, 0.25) is 0 Å². The summed E-state index contributed by atoms with van der Waals surface area (Å²) in [6, 6.07) is -0.695. The molecule has 0 bridgehead atoms. The molecule has 0 aliphatic heterocycles. The minimum atomic E-state index is -0.695. The van der Waals surface area contributed by atoms with Gasteiger partial charge in [-0.2, -0.15) is 0 Å². The molecular formula is C14H26N6O. The predicted octanol–water partition coefficient (Wildman–Crippen LogP) is 1.45. The molecule has 0 radical (unpaired) electrons. The Morgan fingerprint density at radius 3 is 2.81 bits per heavy atom. The zero-order valence-corrected chi connectivity index (χ0v) is 12.7. The number of urea groups is 1. The standard InChI is InChI=1S/C14H26N6O/c1-2-3-4-5-7-11-12(19-10-18-11)8-6-9-17-13(15)20-14(16)21/h10H,2-9H2,1H3,(H,18,19)(H5,15,16,17,20,21). The van der Waals surface area contributed by atoms with Crippen molar-refractivity contribution in [3.63, 3.8) is 0 Å². The smallest absolute Gasteiger partial charge is 0.318 e. The van der Waals surface area contributed by atoms with Crippen LogP contribution in [0.25, 0.3) is 0 Å². The maximum absolute atomic E-state index is 10.6. The third-order valence-corrected chi connectivity index (χ3v) is 3.19. The second-order valence-electron chi connectivity index (χ2n) is 5.00. The summed E-state index contributed by atoms with van der Waals surface area (Å²) in [5.41, 5.74) is 12.7. The molecule has 0 saturated carbocycles. The lowest BCUT2D eigenvalue weighted by Gasteiger charge is -2.03. The van der Waals surface area contributed by atoms with Crippen molar-refractivity contribution in [1.29, 1.82) is 0 Å². The number of primary amides is 1. The number of guanidine groups is 1. The van der Waals surface area contributed by atoms with Crippen molar-refractivity contribution < 1.29 is 4.79 Å². The number of aromatic amines is 1. The summed E-state index contributed by atoms with van der Waals surface area (Å²) < 4.78 is 0. The van der Waals surface area contributed by atoms with Gasteiger partial charge in [-0.25, -0.2) is 9.78 Å². The first-order valence-corrected chi connectivity index (χ1v) is 7.51. The molecule has 2 amide bonds. The Balaban J connectivity index is 2.29. The van der Waals surface area contributed by atoms with E-state index in [-0.39, 0.29) is 5.96 Å². The Morgan fingerprint density at radius 1 is 1.29 bits per heavy atom. The van der Waals surface area contributed by atoms with E-state index in [4.69, 9.17) is 11.5 Å². The quantitative estimate of drug-likeness (QED) is 0.313. The van der Waals surface area contributed by atoms with E-state index in [9.17, 15) is 4.79 Å².